The maximum Gasteiger partial charge on any atom is 0.223 e. The highest BCUT2D eigenvalue weighted by molar-refractivity contribution is 5.82. The topological polar surface area (TPSA) is 57.8 Å². The van der Waals surface area contributed by atoms with E-state index in [0.717, 1.165) is 35.3 Å². The highest BCUT2D eigenvalue weighted by Gasteiger charge is 2.32. The van der Waals surface area contributed by atoms with Gasteiger partial charge in [-0.25, -0.2) is 4.98 Å². The molecule has 2 aromatic carbocycles. The maximum atomic E-state index is 12.3. The zero-order valence-electron chi connectivity index (χ0n) is 13.0. The third-order valence-electron chi connectivity index (χ3n) is 4.30. The summed E-state index contributed by atoms with van der Waals surface area (Å²) in [4.78, 5) is 20.3. The number of carbonyl (C=O) groups is 1. The van der Waals surface area contributed by atoms with Crippen molar-refractivity contribution >= 4 is 16.9 Å². The van der Waals surface area contributed by atoms with Crippen LogP contribution in [0.4, 0.5) is 0 Å². The molecule has 23 heavy (non-hydrogen) atoms. The summed E-state index contributed by atoms with van der Waals surface area (Å²) in [7, 11) is 0. The summed E-state index contributed by atoms with van der Waals surface area (Å²) in [6.07, 6.45) is 1.99. The summed E-state index contributed by atoms with van der Waals surface area (Å²) in [5.74, 6) is 1.08. The van der Waals surface area contributed by atoms with Gasteiger partial charge in [0.15, 0.2) is 0 Å². The average Bonchev–Trinajstić information content (AvgIpc) is 3.33. The Kier molecular flexibility index (Phi) is 3.37. The fourth-order valence-electron chi connectivity index (χ4n) is 2.84. The molecule has 1 aromatic heterocycles. The van der Waals surface area contributed by atoms with Crippen molar-refractivity contribution in [3.05, 3.63) is 65.5 Å². The van der Waals surface area contributed by atoms with E-state index in [1.807, 2.05) is 42.5 Å². The first-order valence-electron chi connectivity index (χ1n) is 8.02. The first-order valence-corrected chi connectivity index (χ1v) is 8.02. The van der Waals surface area contributed by atoms with E-state index in [9.17, 15) is 4.79 Å². The summed E-state index contributed by atoms with van der Waals surface area (Å²) in [6, 6.07) is 15.9. The van der Waals surface area contributed by atoms with Gasteiger partial charge in [-0.05, 0) is 43.0 Å². The molecule has 1 heterocycles. The number of aromatic nitrogens is 2. The minimum Gasteiger partial charge on any atom is -0.342 e. The fourth-order valence-corrected chi connectivity index (χ4v) is 2.84. The van der Waals surface area contributed by atoms with E-state index in [0.29, 0.717) is 0 Å². The first kappa shape index (κ1) is 14.0. The molecule has 4 heteroatoms. The number of rotatable bonds is 4. The molecule has 0 aliphatic heterocycles. The highest BCUT2D eigenvalue weighted by Crippen LogP contribution is 2.31. The highest BCUT2D eigenvalue weighted by atomic mass is 16.2. The number of benzene rings is 2. The fraction of sp³-hybridized carbons (Fsp3) is 0.263. The summed E-state index contributed by atoms with van der Waals surface area (Å²) in [5, 5.41) is 3.15. The number of carbonyl (C=O) groups excluding carboxylic acids is 1. The van der Waals surface area contributed by atoms with Crippen molar-refractivity contribution in [3.63, 3.8) is 0 Å². The molecule has 1 amide bonds. The number of aryl methyl sites for hydroxylation is 1. The first-order chi connectivity index (χ1) is 11.2. The van der Waals surface area contributed by atoms with Crippen molar-refractivity contribution in [2.24, 2.45) is 5.92 Å². The van der Waals surface area contributed by atoms with Gasteiger partial charge >= 0.3 is 0 Å². The zero-order valence-corrected chi connectivity index (χ0v) is 13.0. The molecule has 0 saturated heterocycles. The molecular formula is C19H19N3O. The number of nitrogens with zero attached hydrogens (tertiary/aromatic N) is 1. The van der Waals surface area contributed by atoms with Crippen molar-refractivity contribution < 1.29 is 4.79 Å². The predicted molar refractivity (Wildman–Crippen MR) is 90.0 cm³/mol. The minimum atomic E-state index is -0.239. The Labute approximate surface area is 134 Å². The Bertz CT molecular complexity index is 849. The molecule has 4 rings (SSSR count). The molecule has 3 aromatic rings. The van der Waals surface area contributed by atoms with Gasteiger partial charge in [0, 0.05) is 5.92 Å². The predicted octanol–water partition coefficient (Wildman–Crippen LogP) is 3.49. The van der Waals surface area contributed by atoms with E-state index >= 15 is 0 Å². The van der Waals surface area contributed by atoms with Crippen LogP contribution in [0, 0.1) is 12.8 Å². The van der Waals surface area contributed by atoms with Crippen molar-refractivity contribution in [3.8, 4) is 0 Å². The van der Waals surface area contributed by atoms with Crippen LogP contribution in [0.25, 0.3) is 11.0 Å². The second kappa shape index (κ2) is 5.54. The second-order valence-electron chi connectivity index (χ2n) is 6.27. The molecule has 0 spiro atoms. The Hall–Kier alpha value is -2.62. The van der Waals surface area contributed by atoms with Gasteiger partial charge in [0.25, 0.3) is 0 Å². The van der Waals surface area contributed by atoms with E-state index < -0.39 is 0 Å². The van der Waals surface area contributed by atoms with Crippen LogP contribution < -0.4 is 5.32 Å². The lowest BCUT2D eigenvalue weighted by molar-refractivity contribution is -0.122. The molecule has 0 bridgehead atoms. The number of H-pyrrole nitrogens is 1. The standard InChI is InChI=1S/C19H19N3O/c1-12-7-10-15-16(11-12)21-18(20-15)17(13-5-3-2-4-6-13)22-19(23)14-8-9-14/h2-7,10-11,14,17H,8-9H2,1H3,(H,20,21)(H,22,23). The Balaban J connectivity index is 1.74. The van der Waals surface area contributed by atoms with Gasteiger partial charge in [-0.15, -0.1) is 0 Å². The molecule has 4 nitrogen and oxygen atoms in total. The van der Waals surface area contributed by atoms with Gasteiger partial charge in [-0.2, -0.15) is 0 Å². The van der Waals surface area contributed by atoms with E-state index in [1.54, 1.807) is 0 Å². The van der Waals surface area contributed by atoms with Crippen LogP contribution in [0.5, 0.6) is 0 Å². The van der Waals surface area contributed by atoms with E-state index in [1.165, 1.54) is 5.56 Å². The van der Waals surface area contributed by atoms with E-state index in [-0.39, 0.29) is 17.9 Å². The molecule has 1 saturated carbocycles. The maximum absolute atomic E-state index is 12.3. The van der Waals surface area contributed by atoms with Gasteiger partial charge in [-0.3, -0.25) is 4.79 Å². The van der Waals surface area contributed by atoms with E-state index in [4.69, 9.17) is 4.98 Å². The lowest BCUT2D eigenvalue weighted by Crippen LogP contribution is -2.31. The number of amides is 1. The molecule has 1 aliphatic carbocycles. The van der Waals surface area contributed by atoms with Crippen LogP contribution in [0.15, 0.2) is 48.5 Å². The number of aromatic amines is 1. The number of hydrogen-bond acceptors (Lipinski definition) is 2. The van der Waals surface area contributed by atoms with Crippen molar-refractivity contribution in [1.82, 2.24) is 15.3 Å². The van der Waals surface area contributed by atoms with Crippen LogP contribution in [0.1, 0.15) is 35.8 Å². The number of hydrogen-bond donors (Lipinski definition) is 2. The smallest absolute Gasteiger partial charge is 0.223 e. The van der Waals surface area contributed by atoms with Crippen molar-refractivity contribution in [1.29, 1.82) is 0 Å². The monoisotopic (exact) mass is 305 g/mol. The molecule has 1 aliphatic rings. The van der Waals surface area contributed by atoms with Gasteiger partial charge in [0.2, 0.25) is 5.91 Å². The van der Waals surface area contributed by atoms with Gasteiger partial charge in [-0.1, -0.05) is 36.4 Å². The summed E-state index contributed by atoms with van der Waals surface area (Å²) < 4.78 is 0. The molecule has 1 unspecified atom stereocenters. The molecule has 116 valence electrons. The van der Waals surface area contributed by atoms with Crippen molar-refractivity contribution in [2.75, 3.05) is 0 Å². The second-order valence-corrected chi connectivity index (χ2v) is 6.27. The Morgan fingerprint density at radius 2 is 2.00 bits per heavy atom. The van der Waals surface area contributed by atoms with Crippen LogP contribution in [-0.4, -0.2) is 15.9 Å². The molecule has 1 atom stereocenters. The van der Waals surface area contributed by atoms with Gasteiger partial charge in [0.1, 0.15) is 11.9 Å². The van der Waals surface area contributed by atoms with E-state index in [2.05, 4.69) is 23.3 Å². The quantitative estimate of drug-likeness (QED) is 0.775. The molecule has 2 N–H and O–H groups in total. The molecular weight excluding hydrogens is 286 g/mol. The summed E-state index contributed by atoms with van der Waals surface area (Å²) in [5.41, 5.74) is 4.15. The lowest BCUT2D eigenvalue weighted by atomic mass is 10.1. The Morgan fingerprint density at radius 3 is 2.74 bits per heavy atom. The third kappa shape index (κ3) is 2.84. The normalized spacial score (nSPS) is 15.5. The summed E-state index contributed by atoms with van der Waals surface area (Å²) >= 11 is 0. The average molecular weight is 305 g/mol. The Morgan fingerprint density at radius 1 is 1.22 bits per heavy atom. The number of fused-ring (bicyclic) bond motifs is 1. The molecule has 0 radical (unpaired) electrons. The zero-order chi connectivity index (χ0) is 15.8. The van der Waals surface area contributed by atoms with Crippen LogP contribution in [-0.2, 0) is 4.79 Å². The van der Waals surface area contributed by atoms with Crippen molar-refractivity contribution in [2.45, 2.75) is 25.8 Å². The minimum absolute atomic E-state index is 0.121. The molecule has 1 fully saturated rings. The third-order valence-corrected chi connectivity index (χ3v) is 4.30. The van der Waals surface area contributed by atoms with Gasteiger partial charge < -0.3 is 10.3 Å². The summed E-state index contributed by atoms with van der Waals surface area (Å²) in [6.45, 7) is 2.06. The van der Waals surface area contributed by atoms with Crippen LogP contribution >= 0.6 is 0 Å². The lowest BCUT2D eigenvalue weighted by Gasteiger charge is -2.17. The number of nitrogens with one attached hydrogen (secondary N) is 2. The van der Waals surface area contributed by atoms with Crippen LogP contribution in [0.3, 0.4) is 0 Å². The SMILES string of the molecule is Cc1ccc2nc(C(NC(=O)C3CC3)c3ccccc3)[nH]c2c1. The van der Waals surface area contributed by atoms with Gasteiger partial charge in [0.05, 0.1) is 11.0 Å². The number of imidazole rings is 1. The largest absolute Gasteiger partial charge is 0.342 e. The van der Waals surface area contributed by atoms with Crippen LogP contribution in [0.2, 0.25) is 0 Å².